The van der Waals surface area contributed by atoms with E-state index in [9.17, 15) is 4.39 Å². The third-order valence-electron chi connectivity index (χ3n) is 2.87. The molecule has 15 heavy (non-hydrogen) atoms. The molecule has 1 aliphatic rings. The average molecular weight is 225 g/mol. The van der Waals surface area contributed by atoms with Gasteiger partial charge in [-0.2, -0.15) is 5.26 Å². The first-order chi connectivity index (χ1) is 7.15. The molecular weight excluding hydrogens is 215 g/mol. The Morgan fingerprint density at radius 1 is 1.73 bits per heavy atom. The normalized spacial score (nSPS) is 23.6. The van der Waals surface area contributed by atoms with E-state index >= 15 is 0 Å². The topological polar surface area (TPSA) is 36.7 Å². The quantitative estimate of drug-likeness (QED) is 0.774. The van der Waals surface area contributed by atoms with Crippen molar-refractivity contribution in [2.45, 2.75) is 25.7 Å². The second kappa shape index (κ2) is 3.79. The molecule has 2 rings (SSSR count). The molecule has 0 saturated heterocycles. The number of nitrogens with zero attached hydrogens (tertiary/aromatic N) is 2. The molecule has 2 atom stereocenters. The SMILES string of the molecule is Cc1c(C2CC2CC#N)ncc(F)c1Cl. The molecule has 4 heteroatoms. The fraction of sp³-hybridized carbons (Fsp3) is 0.455. The van der Waals surface area contributed by atoms with E-state index in [4.69, 9.17) is 16.9 Å². The highest BCUT2D eigenvalue weighted by molar-refractivity contribution is 6.31. The van der Waals surface area contributed by atoms with Crippen molar-refractivity contribution in [3.05, 3.63) is 28.3 Å². The average Bonchev–Trinajstić information content (AvgIpc) is 2.95. The van der Waals surface area contributed by atoms with E-state index in [1.807, 2.05) is 0 Å². The Morgan fingerprint density at radius 3 is 3.13 bits per heavy atom. The summed E-state index contributed by atoms with van der Waals surface area (Å²) in [6, 6.07) is 2.14. The molecule has 78 valence electrons. The van der Waals surface area contributed by atoms with Gasteiger partial charge in [-0.05, 0) is 24.8 Å². The standard InChI is InChI=1S/C11H10ClFN2/c1-6-10(12)9(13)5-15-11(6)8-4-7(8)2-3-14/h5,7-8H,2,4H2,1H3. The summed E-state index contributed by atoms with van der Waals surface area (Å²) in [5.41, 5.74) is 1.56. The number of halogens is 2. The zero-order valence-electron chi connectivity index (χ0n) is 8.30. The van der Waals surface area contributed by atoms with Gasteiger partial charge in [0.15, 0.2) is 5.82 Å². The van der Waals surface area contributed by atoms with Crippen molar-refractivity contribution >= 4 is 11.6 Å². The van der Waals surface area contributed by atoms with Gasteiger partial charge >= 0.3 is 0 Å². The molecule has 1 heterocycles. The number of rotatable bonds is 2. The predicted octanol–water partition coefficient (Wildman–Crippen LogP) is 3.20. The van der Waals surface area contributed by atoms with Crippen LogP contribution in [0.5, 0.6) is 0 Å². The van der Waals surface area contributed by atoms with Gasteiger partial charge in [0.05, 0.1) is 17.3 Å². The Morgan fingerprint density at radius 2 is 2.47 bits per heavy atom. The van der Waals surface area contributed by atoms with E-state index in [0.29, 0.717) is 23.8 Å². The molecule has 1 aromatic rings. The van der Waals surface area contributed by atoms with Crippen LogP contribution in [0, 0.1) is 30.0 Å². The molecule has 0 radical (unpaired) electrons. The first-order valence-electron chi connectivity index (χ1n) is 4.82. The van der Waals surface area contributed by atoms with E-state index in [2.05, 4.69) is 11.1 Å². The fourth-order valence-electron chi connectivity index (χ4n) is 1.87. The van der Waals surface area contributed by atoms with Gasteiger partial charge in [-0.25, -0.2) is 4.39 Å². The highest BCUT2D eigenvalue weighted by Crippen LogP contribution is 2.50. The first kappa shape index (κ1) is 10.4. The molecule has 1 fully saturated rings. The zero-order chi connectivity index (χ0) is 11.0. The Kier molecular flexibility index (Phi) is 2.62. The van der Waals surface area contributed by atoms with Gasteiger partial charge in [0, 0.05) is 18.0 Å². The molecule has 0 aromatic carbocycles. The van der Waals surface area contributed by atoms with Gasteiger partial charge in [0.1, 0.15) is 0 Å². The lowest BCUT2D eigenvalue weighted by atomic mass is 10.1. The van der Waals surface area contributed by atoms with Crippen LogP contribution in [0.1, 0.15) is 30.0 Å². The maximum Gasteiger partial charge on any atom is 0.160 e. The molecule has 2 nitrogen and oxygen atoms in total. The third kappa shape index (κ3) is 1.82. The summed E-state index contributed by atoms with van der Waals surface area (Å²) in [5, 5.41) is 8.71. The molecule has 1 aliphatic carbocycles. The lowest BCUT2D eigenvalue weighted by Gasteiger charge is -2.05. The molecule has 2 unspecified atom stereocenters. The van der Waals surface area contributed by atoms with E-state index in [-0.39, 0.29) is 5.02 Å². The van der Waals surface area contributed by atoms with Crippen molar-refractivity contribution in [1.29, 1.82) is 5.26 Å². The lowest BCUT2D eigenvalue weighted by molar-refractivity contribution is 0.617. The van der Waals surface area contributed by atoms with E-state index in [1.54, 1.807) is 6.92 Å². The molecule has 0 N–H and O–H groups in total. The monoisotopic (exact) mass is 224 g/mol. The van der Waals surface area contributed by atoms with E-state index in [1.165, 1.54) is 0 Å². The van der Waals surface area contributed by atoms with Crippen molar-refractivity contribution in [3.8, 4) is 6.07 Å². The summed E-state index contributed by atoms with van der Waals surface area (Å²) in [4.78, 5) is 4.06. The number of nitriles is 1. The minimum absolute atomic E-state index is 0.155. The Balaban J connectivity index is 2.25. The minimum atomic E-state index is -0.476. The maximum atomic E-state index is 13.0. The number of pyridine rings is 1. The smallest absolute Gasteiger partial charge is 0.160 e. The lowest BCUT2D eigenvalue weighted by Crippen LogP contribution is -1.96. The maximum absolute atomic E-state index is 13.0. The van der Waals surface area contributed by atoms with Crippen LogP contribution < -0.4 is 0 Å². The van der Waals surface area contributed by atoms with Crippen molar-refractivity contribution in [1.82, 2.24) is 4.98 Å². The summed E-state index contributed by atoms with van der Waals surface area (Å²) in [6.45, 7) is 1.77. The van der Waals surface area contributed by atoms with Crippen LogP contribution in [-0.4, -0.2) is 4.98 Å². The van der Waals surface area contributed by atoms with Gasteiger partial charge in [-0.1, -0.05) is 11.6 Å². The Labute approximate surface area is 92.7 Å². The van der Waals surface area contributed by atoms with Crippen molar-refractivity contribution in [2.24, 2.45) is 5.92 Å². The fourth-order valence-corrected chi connectivity index (χ4v) is 2.02. The first-order valence-corrected chi connectivity index (χ1v) is 5.20. The Hall–Kier alpha value is -1.14. The number of aromatic nitrogens is 1. The highest BCUT2D eigenvalue weighted by atomic mass is 35.5. The second-order valence-corrected chi connectivity index (χ2v) is 4.27. The zero-order valence-corrected chi connectivity index (χ0v) is 9.05. The van der Waals surface area contributed by atoms with Crippen LogP contribution in [0.25, 0.3) is 0 Å². The van der Waals surface area contributed by atoms with Gasteiger partial charge < -0.3 is 0 Å². The summed E-state index contributed by atoms with van der Waals surface area (Å²) < 4.78 is 13.0. The summed E-state index contributed by atoms with van der Waals surface area (Å²) in [6.07, 6.45) is 2.66. The molecule has 1 saturated carbocycles. The molecule has 1 aromatic heterocycles. The van der Waals surface area contributed by atoms with Crippen LogP contribution in [0.4, 0.5) is 4.39 Å². The second-order valence-electron chi connectivity index (χ2n) is 3.89. The molecule has 0 bridgehead atoms. The third-order valence-corrected chi connectivity index (χ3v) is 3.33. The van der Waals surface area contributed by atoms with Crippen LogP contribution in [-0.2, 0) is 0 Å². The molecular formula is C11H10ClFN2. The van der Waals surface area contributed by atoms with Gasteiger partial charge in [0.25, 0.3) is 0 Å². The van der Waals surface area contributed by atoms with Crippen LogP contribution in [0.3, 0.4) is 0 Å². The van der Waals surface area contributed by atoms with Crippen LogP contribution >= 0.6 is 11.6 Å². The van der Waals surface area contributed by atoms with Crippen LogP contribution in [0.2, 0.25) is 5.02 Å². The van der Waals surface area contributed by atoms with E-state index < -0.39 is 5.82 Å². The highest BCUT2D eigenvalue weighted by Gasteiger charge is 2.40. The minimum Gasteiger partial charge on any atom is -0.258 e. The molecule has 0 amide bonds. The molecule has 0 aliphatic heterocycles. The summed E-state index contributed by atoms with van der Waals surface area (Å²) in [5.74, 6) is 0.195. The van der Waals surface area contributed by atoms with Crippen LogP contribution in [0.15, 0.2) is 6.20 Å². The Bertz CT molecular complexity index is 439. The predicted molar refractivity (Wildman–Crippen MR) is 55.0 cm³/mol. The van der Waals surface area contributed by atoms with Crippen molar-refractivity contribution in [2.75, 3.05) is 0 Å². The van der Waals surface area contributed by atoms with Crippen molar-refractivity contribution in [3.63, 3.8) is 0 Å². The number of hydrogen-bond acceptors (Lipinski definition) is 2. The molecule has 0 spiro atoms. The van der Waals surface area contributed by atoms with Crippen molar-refractivity contribution < 1.29 is 4.39 Å². The summed E-state index contributed by atoms with van der Waals surface area (Å²) >= 11 is 5.80. The summed E-state index contributed by atoms with van der Waals surface area (Å²) in [7, 11) is 0. The van der Waals surface area contributed by atoms with Gasteiger partial charge in [0.2, 0.25) is 0 Å². The largest absolute Gasteiger partial charge is 0.258 e. The number of hydrogen-bond donors (Lipinski definition) is 0. The van der Waals surface area contributed by atoms with Gasteiger partial charge in [-0.3, -0.25) is 4.98 Å². The van der Waals surface area contributed by atoms with Gasteiger partial charge in [-0.15, -0.1) is 0 Å². The van der Waals surface area contributed by atoms with E-state index in [0.717, 1.165) is 18.3 Å².